The summed E-state index contributed by atoms with van der Waals surface area (Å²) >= 11 is 1.45. The van der Waals surface area contributed by atoms with E-state index in [-0.39, 0.29) is 0 Å². The van der Waals surface area contributed by atoms with Crippen LogP contribution in [0.25, 0.3) is 0 Å². The smallest absolute Gasteiger partial charge is 0.133 e. The van der Waals surface area contributed by atoms with Gasteiger partial charge in [0, 0.05) is 11.6 Å². The Kier molecular flexibility index (Phi) is 0.733. The van der Waals surface area contributed by atoms with E-state index in [2.05, 4.69) is 0 Å². The Balaban J connectivity index is 2.87. The van der Waals surface area contributed by atoms with Crippen LogP contribution in [0, 0.1) is 13.8 Å². The molecule has 0 unspecified atom stereocenters. The van der Waals surface area contributed by atoms with Crippen LogP contribution in [0.5, 0.6) is 0 Å². The molecule has 0 aromatic carbocycles. The van der Waals surface area contributed by atoms with E-state index >= 15 is 0 Å². The largest absolute Gasteiger partial charge is 0.405 e. The van der Waals surface area contributed by atoms with Gasteiger partial charge in [-0.25, -0.2) is 0 Å². The van der Waals surface area contributed by atoms with Crippen LogP contribution in [-0.2, 0) is 0 Å². The molecule has 1 heterocycles. The number of hydrogen-bond acceptors (Lipinski definition) is 2. The maximum atomic E-state index is 4.84. The van der Waals surface area contributed by atoms with Crippen LogP contribution in [0.3, 0.4) is 0 Å². The van der Waals surface area contributed by atoms with Crippen molar-refractivity contribution in [3.05, 3.63) is 10.6 Å². The van der Waals surface area contributed by atoms with Gasteiger partial charge in [-0.05, 0) is 13.8 Å². The molecular weight excluding hydrogens is 96.1 g/mol. The van der Waals surface area contributed by atoms with E-state index in [1.54, 1.807) is 0 Å². The van der Waals surface area contributed by atoms with E-state index in [0.29, 0.717) is 0 Å². The molecule has 1 aromatic heterocycles. The van der Waals surface area contributed by atoms with Crippen molar-refractivity contribution in [3.63, 3.8) is 0 Å². The topological polar surface area (TPSA) is 13.1 Å². The summed E-state index contributed by atoms with van der Waals surface area (Å²) in [6.07, 6.45) is 0. The van der Waals surface area contributed by atoms with Crippen LogP contribution in [0.4, 0.5) is 0 Å². The van der Waals surface area contributed by atoms with Crippen LogP contribution in [-0.4, -0.2) is 0 Å². The Hall–Kier alpha value is -0.240. The van der Waals surface area contributed by atoms with Crippen molar-refractivity contribution in [3.8, 4) is 0 Å². The monoisotopic (exact) mass is 102 g/mol. The Labute approximate surface area is 40.8 Å². The van der Waals surface area contributed by atoms with Crippen molar-refractivity contribution in [2.45, 2.75) is 13.8 Å². The fraction of sp³-hybridized carbons (Fsp3) is 0.500. The zero-order valence-corrected chi connectivity index (χ0v) is 4.63. The van der Waals surface area contributed by atoms with Crippen LogP contribution in [0.15, 0.2) is 3.85 Å². The second kappa shape index (κ2) is 1.12. The van der Waals surface area contributed by atoms with E-state index in [4.69, 9.17) is 3.85 Å². The van der Waals surface area contributed by atoms with Crippen LogP contribution in [0.2, 0.25) is 0 Å². The zero-order chi connectivity index (χ0) is 4.57. The molecule has 34 valence electrons. The quantitative estimate of drug-likeness (QED) is 0.488. The Bertz CT molecular complexity index is 113. The maximum Gasteiger partial charge on any atom is 0.133 e. The number of aryl methyl sites for hydroxylation is 2. The molecule has 0 aliphatic rings. The summed E-state index contributed by atoms with van der Waals surface area (Å²) in [5.74, 6) is 1.07. The lowest BCUT2D eigenvalue weighted by Gasteiger charge is -1.95. The minimum absolute atomic E-state index is 1.07. The van der Waals surface area contributed by atoms with Crippen molar-refractivity contribution >= 4 is 11.6 Å². The molecule has 1 rings (SSSR count). The highest BCUT2D eigenvalue weighted by Crippen LogP contribution is 2.16. The lowest BCUT2D eigenvalue weighted by Crippen LogP contribution is -1.74. The summed E-state index contributed by atoms with van der Waals surface area (Å²) in [6.45, 7) is 4.01. The fourth-order valence-electron chi connectivity index (χ4n) is 0.208. The molecule has 0 aliphatic carbocycles. The molecule has 0 atom stereocenters. The van der Waals surface area contributed by atoms with Crippen molar-refractivity contribution < 1.29 is 3.85 Å². The molecule has 6 heavy (non-hydrogen) atoms. The molecule has 1 nitrogen and oxygen atoms in total. The van der Waals surface area contributed by atoms with Gasteiger partial charge in [-0.15, -0.1) is 0 Å². The normalized spacial score (nSPS) is 9.67. The Morgan fingerprint density at radius 2 is 2.00 bits per heavy atom. The summed E-state index contributed by atoms with van der Waals surface area (Å²) in [5.41, 5.74) is 0. The molecule has 0 bridgehead atoms. The minimum Gasteiger partial charge on any atom is -0.405 e. The van der Waals surface area contributed by atoms with Crippen molar-refractivity contribution in [1.29, 1.82) is 0 Å². The Morgan fingerprint density at radius 1 is 1.50 bits per heavy atom. The van der Waals surface area contributed by atoms with Gasteiger partial charge in [0.1, 0.15) is 5.76 Å². The van der Waals surface area contributed by atoms with Gasteiger partial charge in [0.05, 0.1) is 4.88 Å². The average Bonchev–Trinajstić information content (AvgIpc) is 1.61. The molecule has 0 aliphatic heterocycles. The first-order valence-electron chi connectivity index (χ1n) is 1.82. The minimum atomic E-state index is 1.07. The molecular formula is C4H6OS. The van der Waals surface area contributed by atoms with Gasteiger partial charge in [0.2, 0.25) is 0 Å². The van der Waals surface area contributed by atoms with E-state index in [1.807, 2.05) is 13.8 Å². The second-order valence-corrected chi connectivity index (χ2v) is 2.22. The highest BCUT2D eigenvalue weighted by Gasteiger charge is 1.95. The van der Waals surface area contributed by atoms with E-state index in [9.17, 15) is 0 Å². The molecule has 1 aromatic rings. The van der Waals surface area contributed by atoms with Gasteiger partial charge < -0.3 is 3.85 Å². The summed E-state index contributed by atoms with van der Waals surface area (Å²) in [6, 6.07) is 0. The van der Waals surface area contributed by atoms with Crippen molar-refractivity contribution in [2.75, 3.05) is 0 Å². The highest BCUT2D eigenvalue weighted by atomic mass is 32.1. The van der Waals surface area contributed by atoms with Crippen LogP contribution in [0.1, 0.15) is 10.6 Å². The third-order valence-corrected chi connectivity index (χ3v) is 1.66. The predicted octanol–water partition coefficient (Wildman–Crippen LogP) is 1.96. The summed E-state index contributed by atoms with van der Waals surface area (Å²) < 4.78 is 4.84. The lowest BCUT2D eigenvalue weighted by atomic mass is 10.5. The molecule has 0 amide bonds. The molecule has 0 saturated heterocycles. The highest BCUT2D eigenvalue weighted by molar-refractivity contribution is 7.04. The second-order valence-electron chi connectivity index (χ2n) is 1.28. The molecule has 0 saturated carbocycles. The summed E-state index contributed by atoms with van der Waals surface area (Å²) in [5, 5.41) is 0. The molecule has 0 fully saturated rings. The fourth-order valence-corrected chi connectivity index (χ4v) is 0.625. The summed E-state index contributed by atoms with van der Waals surface area (Å²) in [7, 11) is 0. The van der Waals surface area contributed by atoms with Gasteiger partial charge >= 0.3 is 0 Å². The van der Waals surface area contributed by atoms with Crippen molar-refractivity contribution in [2.24, 2.45) is 0 Å². The first kappa shape index (κ1) is 3.93. The predicted molar refractivity (Wildman–Crippen MR) is 26.1 cm³/mol. The summed E-state index contributed by atoms with van der Waals surface area (Å²) in [4.78, 5) is 1.30. The van der Waals surface area contributed by atoms with Gasteiger partial charge in [-0.3, -0.25) is 0 Å². The average molecular weight is 102 g/mol. The first-order valence-corrected chi connectivity index (χ1v) is 2.57. The van der Waals surface area contributed by atoms with E-state index in [0.717, 1.165) is 5.76 Å². The van der Waals surface area contributed by atoms with Gasteiger partial charge in [0.25, 0.3) is 0 Å². The van der Waals surface area contributed by atoms with E-state index in [1.165, 1.54) is 16.5 Å². The lowest BCUT2D eigenvalue weighted by molar-refractivity contribution is 0.610. The van der Waals surface area contributed by atoms with Crippen LogP contribution < -0.4 is 0 Å². The van der Waals surface area contributed by atoms with Gasteiger partial charge in [0.15, 0.2) is 0 Å². The van der Waals surface area contributed by atoms with Gasteiger partial charge in [-0.1, -0.05) is 0 Å². The maximum absolute atomic E-state index is 4.84. The van der Waals surface area contributed by atoms with E-state index < -0.39 is 0 Å². The standard InChI is InChI=1S/C4H6OS/c1-3-4(2)6-5-3/h1-2H3. The third-order valence-electron chi connectivity index (χ3n) is 0.787. The van der Waals surface area contributed by atoms with Crippen LogP contribution >= 0.6 is 11.6 Å². The SMILES string of the molecule is Cc1osc1C. The molecule has 0 N–H and O–H groups in total. The molecule has 0 spiro atoms. The first-order chi connectivity index (χ1) is 2.80. The van der Waals surface area contributed by atoms with Crippen molar-refractivity contribution in [1.82, 2.24) is 0 Å². The molecule has 0 radical (unpaired) electrons. The number of hydrogen-bond donors (Lipinski definition) is 0. The number of rotatable bonds is 0. The third kappa shape index (κ3) is 0.373. The molecule has 2 heteroatoms. The Morgan fingerprint density at radius 3 is 2.00 bits per heavy atom. The van der Waals surface area contributed by atoms with Gasteiger partial charge in [-0.2, -0.15) is 0 Å². The zero-order valence-electron chi connectivity index (χ0n) is 3.82.